The quantitative estimate of drug-likeness (QED) is 0.861. The van der Waals surface area contributed by atoms with Crippen LogP contribution in [0.25, 0.3) is 0 Å². The molecule has 4 heteroatoms. The molecule has 0 aliphatic carbocycles. The van der Waals surface area contributed by atoms with Crippen LogP contribution in [0.5, 0.6) is 0 Å². The number of aliphatic hydroxyl groups is 1. The Balaban J connectivity index is 1.99. The summed E-state index contributed by atoms with van der Waals surface area (Å²) in [7, 11) is 0. The maximum atomic E-state index is 13.7. The average molecular weight is 301 g/mol. The Morgan fingerprint density at radius 2 is 1.77 bits per heavy atom. The van der Waals surface area contributed by atoms with Crippen LogP contribution >= 0.6 is 0 Å². The molecular weight excluding hydrogens is 281 g/mol. The van der Waals surface area contributed by atoms with Crippen molar-refractivity contribution in [1.82, 2.24) is 5.32 Å². The smallest absolute Gasteiger partial charge is 0.221 e. The number of hydrogen-bond donors (Lipinski definition) is 2. The lowest BCUT2D eigenvalue weighted by Gasteiger charge is -2.19. The summed E-state index contributed by atoms with van der Waals surface area (Å²) in [5.74, 6) is -0.737. The van der Waals surface area contributed by atoms with E-state index in [0.29, 0.717) is 5.56 Å². The normalized spacial score (nSPS) is 13.4. The molecule has 2 unspecified atom stereocenters. The Bertz CT molecular complexity index is 615. The van der Waals surface area contributed by atoms with E-state index in [4.69, 9.17) is 0 Å². The van der Waals surface area contributed by atoms with Gasteiger partial charge in [-0.15, -0.1) is 0 Å². The van der Waals surface area contributed by atoms with Gasteiger partial charge in [-0.05, 0) is 23.1 Å². The molecule has 22 heavy (non-hydrogen) atoms. The highest BCUT2D eigenvalue weighted by Gasteiger charge is 2.18. The van der Waals surface area contributed by atoms with Gasteiger partial charge in [-0.3, -0.25) is 4.79 Å². The first-order valence-electron chi connectivity index (χ1n) is 7.31. The van der Waals surface area contributed by atoms with Crippen LogP contribution in [0.15, 0.2) is 54.6 Å². The first-order valence-corrected chi connectivity index (χ1v) is 7.31. The molecule has 116 valence electrons. The van der Waals surface area contributed by atoms with Gasteiger partial charge in [0.1, 0.15) is 5.82 Å². The molecule has 2 N–H and O–H groups in total. The fraction of sp³-hybridized carbons (Fsp3) is 0.278. The fourth-order valence-electron chi connectivity index (χ4n) is 2.44. The molecule has 0 bridgehead atoms. The van der Waals surface area contributed by atoms with Crippen molar-refractivity contribution in [3.05, 3.63) is 71.5 Å². The molecule has 0 spiro atoms. The van der Waals surface area contributed by atoms with Gasteiger partial charge in [0.05, 0.1) is 12.6 Å². The van der Waals surface area contributed by atoms with Crippen molar-refractivity contribution >= 4 is 5.91 Å². The van der Waals surface area contributed by atoms with Crippen molar-refractivity contribution in [2.45, 2.75) is 25.3 Å². The Hall–Kier alpha value is -2.20. The summed E-state index contributed by atoms with van der Waals surface area (Å²) in [5.41, 5.74) is 1.37. The van der Waals surface area contributed by atoms with E-state index < -0.39 is 6.04 Å². The summed E-state index contributed by atoms with van der Waals surface area (Å²) in [6.45, 7) is 1.64. The summed E-state index contributed by atoms with van der Waals surface area (Å²) in [6, 6.07) is 15.3. The van der Waals surface area contributed by atoms with Crippen LogP contribution in [0.4, 0.5) is 4.39 Å². The lowest BCUT2D eigenvalue weighted by atomic mass is 9.96. The molecule has 0 heterocycles. The number of hydrogen-bond acceptors (Lipinski definition) is 2. The van der Waals surface area contributed by atoms with Crippen LogP contribution in [0.3, 0.4) is 0 Å². The highest BCUT2D eigenvalue weighted by Crippen LogP contribution is 2.22. The van der Waals surface area contributed by atoms with E-state index in [-0.39, 0.29) is 30.7 Å². The van der Waals surface area contributed by atoms with Gasteiger partial charge in [-0.1, -0.05) is 55.5 Å². The molecule has 2 aromatic rings. The molecule has 1 amide bonds. The molecule has 0 aromatic heterocycles. The third-order valence-electron chi connectivity index (χ3n) is 3.65. The van der Waals surface area contributed by atoms with Gasteiger partial charge in [-0.2, -0.15) is 0 Å². The SMILES string of the molecule is CC(CC(=O)NC(CO)c1ccccc1)c1ccccc1F. The maximum absolute atomic E-state index is 13.7. The van der Waals surface area contributed by atoms with E-state index in [1.807, 2.05) is 37.3 Å². The van der Waals surface area contributed by atoms with Crippen LogP contribution < -0.4 is 5.32 Å². The Morgan fingerprint density at radius 3 is 2.41 bits per heavy atom. The van der Waals surface area contributed by atoms with E-state index in [1.54, 1.807) is 18.2 Å². The molecule has 0 radical (unpaired) electrons. The van der Waals surface area contributed by atoms with Crippen molar-refractivity contribution in [3.63, 3.8) is 0 Å². The number of carbonyl (C=O) groups excluding carboxylic acids is 1. The molecule has 3 nitrogen and oxygen atoms in total. The summed E-state index contributed by atoms with van der Waals surface area (Å²) >= 11 is 0. The second-order valence-electron chi connectivity index (χ2n) is 5.34. The molecular formula is C18H20FNO2. The van der Waals surface area contributed by atoms with Gasteiger partial charge in [-0.25, -0.2) is 4.39 Å². The third kappa shape index (κ3) is 4.15. The molecule has 0 saturated carbocycles. The second kappa shape index (κ2) is 7.71. The van der Waals surface area contributed by atoms with Gasteiger partial charge in [0.15, 0.2) is 0 Å². The summed E-state index contributed by atoms with van der Waals surface area (Å²) in [6.07, 6.45) is 0.171. The molecule has 0 saturated heterocycles. The predicted molar refractivity (Wildman–Crippen MR) is 83.8 cm³/mol. The minimum atomic E-state index is -0.443. The number of halogens is 1. The standard InChI is InChI=1S/C18H20FNO2/c1-13(15-9-5-6-10-16(15)19)11-18(22)20-17(12-21)14-7-3-2-4-8-14/h2-10,13,17,21H,11-12H2,1H3,(H,20,22). The lowest BCUT2D eigenvalue weighted by Crippen LogP contribution is -2.31. The number of carbonyl (C=O) groups is 1. The van der Waals surface area contributed by atoms with E-state index in [2.05, 4.69) is 5.32 Å². The summed E-state index contributed by atoms with van der Waals surface area (Å²) in [4.78, 5) is 12.1. The number of amides is 1. The first-order chi connectivity index (χ1) is 10.6. The second-order valence-corrected chi connectivity index (χ2v) is 5.34. The van der Waals surface area contributed by atoms with Gasteiger partial charge >= 0.3 is 0 Å². The van der Waals surface area contributed by atoms with Crippen molar-refractivity contribution in [2.24, 2.45) is 0 Å². The van der Waals surface area contributed by atoms with Gasteiger partial charge in [0, 0.05) is 6.42 Å². The predicted octanol–water partition coefficient (Wildman–Crippen LogP) is 3.17. The number of nitrogens with one attached hydrogen (secondary N) is 1. The zero-order valence-electron chi connectivity index (χ0n) is 12.5. The van der Waals surface area contributed by atoms with E-state index in [9.17, 15) is 14.3 Å². The van der Waals surface area contributed by atoms with Gasteiger partial charge in [0.2, 0.25) is 5.91 Å². The minimum Gasteiger partial charge on any atom is -0.394 e. The average Bonchev–Trinajstić information content (AvgIpc) is 2.53. The van der Waals surface area contributed by atoms with Crippen LogP contribution in [0.1, 0.15) is 36.4 Å². The maximum Gasteiger partial charge on any atom is 0.221 e. The van der Waals surface area contributed by atoms with Gasteiger partial charge < -0.3 is 10.4 Å². The topological polar surface area (TPSA) is 49.3 Å². The zero-order valence-corrected chi connectivity index (χ0v) is 12.5. The number of benzene rings is 2. The molecule has 0 fully saturated rings. The lowest BCUT2D eigenvalue weighted by molar-refractivity contribution is -0.122. The minimum absolute atomic E-state index is 0.171. The van der Waals surface area contributed by atoms with Crippen molar-refractivity contribution in [3.8, 4) is 0 Å². The van der Waals surface area contributed by atoms with Gasteiger partial charge in [0.25, 0.3) is 0 Å². The van der Waals surface area contributed by atoms with Crippen molar-refractivity contribution in [1.29, 1.82) is 0 Å². The van der Waals surface area contributed by atoms with Crippen LogP contribution in [0.2, 0.25) is 0 Å². The highest BCUT2D eigenvalue weighted by atomic mass is 19.1. The van der Waals surface area contributed by atoms with Crippen molar-refractivity contribution < 1.29 is 14.3 Å². The Kier molecular flexibility index (Phi) is 5.67. The van der Waals surface area contributed by atoms with Crippen LogP contribution in [0, 0.1) is 5.82 Å². The zero-order chi connectivity index (χ0) is 15.9. The molecule has 2 aromatic carbocycles. The summed E-state index contributed by atoms with van der Waals surface area (Å²) < 4.78 is 13.7. The first kappa shape index (κ1) is 16.2. The third-order valence-corrected chi connectivity index (χ3v) is 3.65. The van der Waals surface area contributed by atoms with Crippen LogP contribution in [-0.2, 0) is 4.79 Å². The molecule has 0 aliphatic rings. The molecule has 2 atom stereocenters. The number of aliphatic hydroxyl groups excluding tert-OH is 1. The Morgan fingerprint density at radius 1 is 1.14 bits per heavy atom. The molecule has 0 aliphatic heterocycles. The molecule has 2 rings (SSSR count). The monoisotopic (exact) mass is 301 g/mol. The van der Waals surface area contributed by atoms with E-state index in [0.717, 1.165) is 5.56 Å². The van der Waals surface area contributed by atoms with E-state index >= 15 is 0 Å². The number of rotatable bonds is 6. The largest absolute Gasteiger partial charge is 0.394 e. The van der Waals surface area contributed by atoms with Crippen LogP contribution in [-0.4, -0.2) is 17.6 Å². The van der Waals surface area contributed by atoms with Crippen molar-refractivity contribution in [2.75, 3.05) is 6.61 Å². The fourth-order valence-corrected chi connectivity index (χ4v) is 2.44. The van der Waals surface area contributed by atoms with E-state index in [1.165, 1.54) is 6.07 Å². The highest BCUT2D eigenvalue weighted by molar-refractivity contribution is 5.77. The summed E-state index contributed by atoms with van der Waals surface area (Å²) in [5, 5.41) is 12.2. The Labute approximate surface area is 129 Å².